The van der Waals surface area contributed by atoms with Crippen LogP contribution in [0.25, 0.3) is 0 Å². The van der Waals surface area contributed by atoms with Gasteiger partial charge in [0.2, 0.25) is 0 Å². The van der Waals surface area contributed by atoms with E-state index in [0.29, 0.717) is 5.92 Å². The Kier molecular flexibility index (Phi) is 2.39. The SMILES string of the molecule is CC1C[C@H](Br)[C@H]2OC(=O)[C@@](C)(O)[C@H]2C1. The lowest BCUT2D eigenvalue weighted by Gasteiger charge is -2.35. The summed E-state index contributed by atoms with van der Waals surface area (Å²) in [5, 5.41) is 10.00. The van der Waals surface area contributed by atoms with Gasteiger partial charge in [0.05, 0.1) is 4.83 Å². The predicted octanol–water partition coefficient (Wildman–Crippen LogP) is 1.47. The molecule has 0 aromatic rings. The van der Waals surface area contributed by atoms with E-state index in [-0.39, 0.29) is 16.8 Å². The Bertz CT molecular complexity index is 264. The Morgan fingerprint density at radius 3 is 2.86 bits per heavy atom. The number of halogens is 1. The van der Waals surface area contributed by atoms with Gasteiger partial charge >= 0.3 is 5.97 Å². The van der Waals surface area contributed by atoms with Crippen LogP contribution in [0.1, 0.15) is 26.7 Å². The van der Waals surface area contributed by atoms with Gasteiger partial charge in [0.15, 0.2) is 5.60 Å². The highest BCUT2D eigenvalue weighted by Crippen LogP contribution is 2.45. The summed E-state index contributed by atoms with van der Waals surface area (Å²) in [6, 6.07) is 0. The standard InChI is InChI=1S/C10H15BrO3/c1-5-3-6-8(7(11)4-5)14-9(12)10(6,2)13/h5-8,13H,3-4H2,1-2H3/t5?,6-,7-,8-,10-/m0/s1. The molecule has 1 aliphatic carbocycles. The van der Waals surface area contributed by atoms with Gasteiger partial charge in [-0.25, -0.2) is 4.79 Å². The molecular weight excluding hydrogens is 248 g/mol. The molecule has 0 amide bonds. The molecule has 14 heavy (non-hydrogen) atoms. The molecule has 2 aliphatic rings. The number of ether oxygens (including phenoxy) is 1. The van der Waals surface area contributed by atoms with Gasteiger partial charge in [-0.1, -0.05) is 22.9 Å². The number of alkyl halides is 1. The number of carbonyl (C=O) groups is 1. The van der Waals surface area contributed by atoms with Crippen molar-refractivity contribution in [1.82, 2.24) is 0 Å². The second-order valence-electron chi connectivity index (χ2n) is 4.72. The van der Waals surface area contributed by atoms with E-state index in [1.165, 1.54) is 0 Å². The van der Waals surface area contributed by atoms with Gasteiger partial charge in [-0.3, -0.25) is 0 Å². The summed E-state index contributed by atoms with van der Waals surface area (Å²) < 4.78 is 5.21. The monoisotopic (exact) mass is 262 g/mol. The fourth-order valence-corrected chi connectivity index (χ4v) is 3.65. The summed E-state index contributed by atoms with van der Waals surface area (Å²) in [7, 11) is 0. The summed E-state index contributed by atoms with van der Waals surface area (Å²) in [6.07, 6.45) is 1.73. The maximum atomic E-state index is 11.4. The smallest absolute Gasteiger partial charge is 0.338 e. The van der Waals surface area contributed by atoms with Gasteiger partial charge in [0.25, 0.3) is 0 Å². The zero-order valence-electron chi connectivity index (χ0n) is 8.37. The largest absolute Gasteiger partial charge is 0.459 e. The third-order valence-electron chi connectivity index (χ3n) is 3.42. The molecule has 0 radical (unpaired) electrons. The Labute approximate surface area is 91.9 Å². The fraction of sp³-hybridized carbons (Fsp3) is 0.900. The van der Waals surface area contributed by atoms with Crippen LogP contribution in [0.15, 0.2) is 0 Å². The minimum Gasteiger partial charge on any atom is -0.459 e. The maximum absolute atomic E-state index is 11.4. The average molecular weight is 263 g/mol. The van der Waals surface area contributed by atoms with Crippen molar-refractivity contribution in [2.24, 2.45) is 11.8 Å². The molecule has 4 heteroatoms. The second-order valence-corrected chi connectivity index (χ2v) is 5.89. The summed E-state index contributed by atoms with van der Waals surface area (Å²) in [4.78, 5) is 11.6. The van der Waals surface area contributed by atoms with Crippen LogP contribution in [0.5, 0.6) is 0 Å². The lowest BCUT2D eigenvalue weighted by molar-refractivity contribution is -0.154. The maximum Gasteiger partial charge on any atom is 0.338 e. The normalized spacial score (nSPS) is 52.7. The number of rotatable bonds is 0. The molecule has 1 saturated carbocycles. The van der Waals surface area contributed by atoms with E-state index >= 15 is 0 Å². The molecule has 80 valence electrons. The van der Waals surface area contributed by atoms with Crippen LogP contribution in [0.3, 0.4) is 0 Å². The predicted molar refractivity (Wildman–Crippen MR) is 55.1 cm³/mol. The summed E-state index contributed by atoms with van der Waals surface area (Å²) in [5.41, 5.74) is -1.29. The van der Waals surface area contributed by atoms with Gasteiger partial charge in [0.1, 0.15) is 6.10 Å². The first-order chi connectivity index (χ1) is 6.43. The van der Waals surface area contributed by atoms with Crippen LogP contribution in [-0.2, 0) is 9.53 Å². The fourth-order valence-electron chi connectivity index (χ4n) is 2.53. The number of hydrogen-bond acceptors (Lipinski definition) is 3. The highest BCUT2D eigenvalue weighted by Gasteiger charge is 2.57. The quantitative estimate of drug-likeness (QED) is 0.532. The average Bonchev–Trinajstić information content (AvgIpc) is 2.28. The zero-order chi connectivity index (χ0) is 10.5. The first-order valence-corrected chi connectivity index (χ1v) is 5.92. The van der Waals surface area contributed by atoms with E-state index < -0.39 is 11.6 Å². The van der Waals surface area contributed by atoms with Gasteiger partial charge in [-0.15, -0.1) is 0 Å². The first kappa shape index (κ1) is 10.4. The Hall–Kier alpha value is -0.0900. The molecule has 1 heterocycles. The lowest BCUT2D eigenvalue weighted by atomic mass is 9.74. The number of hydrogen-bond donors (Lipinski definition) is 1. The molecule has 2 fully saturated rings. The summed E-state index contributed by atoms with van der Waals surface area (Å²) in [5.74, 6) is 0.00998. The highest BCUT2D eigenvalue weighted by molar-refractivity contribution is 9.09. The Morgan fingerprint density at radius 2 is 2.21 bits per heavy atom. The first-order valence-electron chi connectivity index (χ1n) is 5.00. The van der Waals surface area contributed by atoms with Crippen LogP contribution in [0, 0.1) is 11.8 Å². The van der Waals surface area contributed by atoms with Crippen molar-refractivity contribution in [3.05, 3.63) is 0 Å². The summed E-state index contributed by atoms with van der Waals surface area (Å²) in [6.45, 7) is 3.71. The number of fused-ring (bicyclic) bond motifs is 1. The molecule has 1 saturated heterocycles. The molecule has 1 N–H and O–H groups in total. The number of carbonyl (C=O) groups excluding carboxylic acids is 1. The van der Waals surface area contributed by atoms with E-state index in [9.17, 15) is 9.90 Å². The molecule has 0 spiro atoms. The van der Waals surface area contributed by atoms with Crippen molar-refractivity contribution in [3.63, 3.8) is 0 Å². The topological polar surface area (TPSA) is 46.5 Å². The molecule has 1 unspecified atom stereocenters. The van der Waals surface area contributed by atoms with Crippen molar-refractivity contribution in [2.75, 3.05) is 0 Å². The van der Waals surface area contributed by atoms with E-state index in [1.54, 1.807) is 6.92 Å². The van der Waals surface area contributed by atoms with E-state index in [0.717, 1.165) is 12.8 Å². The van der Waals surface area contributed by atoms with E-state index in [1.807, 2.05) is 0 Å². The lowest BCUT2D eigenvalue weighted by Crippen LogP contribution is -2.44. The van der Waals surface area contributed by atoms with Gasteiger partial charge < -0.3 is 9.84 Å². The van der Waals surface area contributed by atoms with Crippen LogP contribution in [0.4, 0.5) is 0 Å². The van der Waals surface area contributed by atoms with E-state index in [2.05, 4.69) is 22.9 Å². The van der Waals surface area contributed by atoms with E-state index in [4.69, 9.17) is 4.74 Å². The van der Waals surface area contributed by atoms with Crippen LogP contribution in [-0.4, -0.2) is 27.6 Å². The Morgan fingerprint density at radius 1 is 1.57 bits per heavy atom. The minimum absolute atomic E-state index is 0.0527. The van der Waals surface area contributed by atoms with Gasteiger partial charge in [0, 0.05) is 5.92 Å². The molecule has 3 nitrogen and oxygen atoms in total. The number of esters is 1. The number of aliphatic hydroxyl groups is 1. The molecule has 0 aromatic carbocycles. The second kappa shape index (κ2) is 3.20. The molecule has 2 rings (SSSR count). The third-order valence-corrected chi connectivity index (χ3v) is 4.31. The molecule has 0 bridgehead atoms. The van der Waals surface area contributed by atoms with Crippen molar-refractivity contribution < 1.29 is 14.6 Å². The van der Waals surface area contributed by atoms with Crippen molar-refractivity contribution >= 4 is 21.9 Å². The van der Waals surface area contributed by atoms with Crippen LogP contribution >= 0.6 is 15.9 Å². The van der Waals surface area contributed by atoms with Crippen molar-refractivity contribution in [1.29, 1.82) is 0 Å². The summed E-state index contributed by atoms with van der Waals surface area (Å²) >= 11 is 3.53. The van der Waals surface area contributed by atoms with Crippen LogP contribution in [0.2, 0.25) is 0 Å². The third kappa shape index (κ3) is 1.39. The van der Waals surface area contributed by atoms with Crippen molar-refractivity contribution in [3.8, 4) is 0 Å². The highest BCUT2D eigenvalue weighted by atomic mass is 79.9. The van der Waals surface area contributed by atoms with Crippen LogP contribution < -0.4 is 0 Å². The minimum atomic E-state index is -1.29. The molecule has 0 aromatic heterocycles. The molecular formula is C10H15BrO3. The Balaban J connectivity index is 2.26. The molecule has 5 atom stereocenters. The van der Waals surface area contributed by atoms with Gasteiger partial charge in [-0.2, -0.15) is 0 Å². The molecule has 1 aliphatic heterocycles. The zero-order valence-corrected chi connectivity index (χ0v) is 9.95. The van der Waals surface area contributed by atoms with Gasteiger partial charge in [-0.05, 0) is 25.7 Å². The van der Waals surface area contributed by atoms with Crippen molar-refractivity contribution in [2.45, 2.75) is 43.2 Å².